The lowest BCUT2D eigenvalue weighted by atomic mass is 10.2. The van der Waals surface area contributed by atoms with Crippen LogP contribution in [0.2, 0.25) is 0 Å². The first-order chi connectivity index (χ1) is 10.9. The molecule has 120 valence electrons. The molecule has 7 heteroatoms. The van der Waals surface area contributed by atoms with E-state index in [0.29, 0.717) is 21.1 Å². The highest BCUT2D eigenvalue weighted by Gasteiger charge is 2.16. The minimum Gasteiger partial charge on any atom is -0.453 e. The Morgan fingerprint density at radius 1 is 1.17 bits per heavy atom. The van der Waals surface area contributed by atoms with Gasteiger partial charge in [0.1, 0.15) is 5.75 Å². The third-order valence-corrected chi connectivity index (χ3v) is 5.70. The zero-order valence-electron chi connectivity index (χ0n) is 12.2. The first-order valence-electron chi connectivity index (χ1n) is 6.88. The average Bonchev–Trinajstić information content (AvgIpc) is 2.93. The lowest BCUT2D eigenvalue weighted by molar-refractivity contribution is 0.440. The molecule has 4 nitrogen and oxygen atoms in total. The van der Waals surface area contributed by atoms with Gasteiger partial charge in [0.25, 0.3) is 0 Å². The smallest absolute Gasteiger partial charge is 0.238 e. The molecule has 0 aliphatic heterocycles. The molecule has 0 spiro atoms. The van der Waals surface area contributed by atoms with Crippen LogP contribution in [0.3, 0.4) is 0 Å². The molecule has 0 saturated heterocycles. The van der Waals surface area contributed by atoms with Crippen LogP contribution in [0.15, 0.2) is 53.1 Å². The zero-order chi connectivity index (χ0) is 16.6. The predicted octanol–water partition coefficient (Wildman–Crippen LogP) is 4.53. The quantitative estimate of drug-likeness (QED) is 0.649. The summed E-state index contributed by atoms with van der Waals surface area (Å²) in [5, 5.41) is 0.691. The fourth-order valence-corrected chi connectivity index (χ4v) is 3.61. The molecule has 0 amide bonds. The van der Waals surface area contributed by atoms with Crippen LogP contribution in [0.4, 0.5) is 4.39 Å². The van der Waals surface area contributed by atoms with Crippen molar-refractivity contribution >= 4 is 36.9 Å². The van der Waals surface area contributed by atoms with E-state index in [-0.39, 0.29) is 11.5 Å². The van der Waals surface area contributed by atoms with Crippen molar-refractivity contribution in [2.24, 2.45) is 0 Å². The van der Waals surface area contributed by atoms with E-state index in [0.717, 1.165) is 0 Å². The van der Waals surface area contributed by atoms with Crippen molar-refractivity contribution in [2.45, 2.75) is 6.92 Å². The van der Waals surface area contributed by atoms with E-state index in [1.807, 2.05) is 0 Å². The largest absolute Gasteiger partial charge is 0.453 e. The van der Waals surface area contributed by atoms with Gasteiger partial charge in [0.05, 0.1) is 15.7 Å². The van der Waals surface area contributed by atoms with Crippen LogP contribution < -0.4 is 4.74 Å². The van der Waals surface area contributed by atoms with Crippen LogP contribution in [-0.2, 0) is 10.0 Å². The average molecular weight is 398 g/mol. The fraction of sp³-hybridized carbons (Fsp3) is 0.125. The Hall–Kier alpha value is -1.86. The summed E-state index contributed by atoms with van der Waals surface area (Å²) in [5.41, 5.74) is 0.541. The molecule has 2 aromatic carbocycles. The maximum Gasteiger partial charge on any atom is 0.238 e. The van der Waals surface area contributed by atoms with E-state index < -0.39 is 15.8 Å². The summed E-state index contributed by atoms with van der Waals surface area (Å²) in [6.45, 7) is 1.59. The minimum atomic E-state index is -3.38. The number of fused-ring (bicyclic) bond motifs is 1. The van der Waals surface area contributed by atoms with E-state index in [1.54, 1.807) is 37.3 Å². The number of hydrogen-bond acceptors (Lipinski definition) is 3. The molecule has 0 radical (unpaired) electrons. The number of aromatic nitrogens is 1. The first kappa shape index (κ1) is 16.0. The van der Waals surface area contributed by atoms with Crippen molar-refractivity contribution in [3.63, 3.8) is 0 Å². The molecule has 0 bridgehead atoms. The molecule has 0 aliphatic rings. The number of benzene rings is 2. The molecule has 0 fully saturated rings. The fourth-order valence-electron chi connectivity index (χ4n) is 2.22. The Kier molecular flexibility index (Phi) is 4.16. The second-order valence-electron chi connectivity index (χ2n) is 4.89. The number of para-hydroxylation sites is 1. The van der Waals surface area contributed by atoms with Gasteiger partial charge in [-0.2, -0.15) is 0 Å². The lowest BCUT2D eigenvalue weighted by Gasteiger charge is -2.10. The van der Waals surface area contributed by atoms with Crippen LogP contribution in [0.25, 0.3) is 10.9 Å². The summed E-state index contributed by atoms with van der Waals surface area (Å²) >= 11 is 3.35. The molecule has 3 rings (SSSR count). The normalized spacial score (nSPS) is 11.8. The van der Waals surface area contributed by atoms with E-state index in [2.05, 4.69) is 15.9 Å². The van der Waals surface area contributed by atoms with Crippen LogP contribution in [0.5, 0.6) is 11.5 Å². The highest BCUT2D eigenvalue weighted by atomic mass is 79.9. The molecule has 0 atom stereocenters. The summed E-state index contributed by atoms with van der Waals surface area (Å²) in [6, 6.07) is 11.1. The van der Waals surface area contributed by atoms with Gasteiger partial charge in [-0.1, -0.05) is 12.1 Å². The lowest BCUT2D eigenvalue weighted by Crippen LogP contribution is -2.13. The van der Waals surface area contributed by atoms with Gasteiger partial charge in [0.2, 0.25) is 10.0 Å². The molecule has 0 unspecified atom stereocenters. The molecule has 3 aromatic rings. The van der Waals surface area contributed by atoms with Crippen molar-refractivity contribution in [3.8, 4) is 11.5 Å². The van der Waals surface area contributed by atoms with E-state index in [1.165, 1.54) is 22.3 Å². The molecule has 23 heavy (non-hydrogen) atoms. The summed E-state index contributed by atoms with van der Waals surface area (Å²) in [7, 11) is -3.38. The maximum atomic E-state index is 13.7. The third-order valence-electron chi connectivity index (χ3n) is 3.43. The Bertz CT molecular complexity index is 982. The molecule has 0 aliphatic carbocycles. The number of rotatable bonds is 4. The van der Waals surface area contributed by atoms with Crippen LogP contribution in [0.1, 0.15) is 6.92 Å². The van der Waals surface area contributed by atoms with E-state index in [4.69, 9.17) is 4.74 Å². The highest BCUT2D eigenvalue weighted by Crippen LogP contribution is 2.35. The zero-order valence-corrected chi connectivity index (χ0v) is 14.6. The molecule has 1 heterocycles. The summed E-state index contributed by atoms with van der Waals surface area (Å²) < 4.78 is 45.2. The first-order valence-corrected chi connectivity index (χ1v) is 9.29. The van der Waals surface area contributed by atoms with Gasteiger partial charge in [0.15, 0.2) is 11.6 Å². The maximum absolute atomic E-state index is 13.7. The van der Waals surface area contributed by atoms with Crippen LogP contribution in [0, 0.1) is 5.82 Å². The van der Waals surface area contributed by atoms with Crippen molar-refractivity contribution in [2.75, 3.05) is 5.75 Å². The van der Waals surface area contributed by atoms with E-state index in [9.17, 15) is 12.8 Å². The van der Waals surface area contributed by atoms with Gasteiger partial charge in [-0.3, -0.25) is 0 Å². The summed E-state index contributed by atoms with van der Waals surface area (Å²) in [5.74, 6) is 0.0510. The van der Waals surface area contributed by atoms with Gasteiger partial charge in [-0.25, -0.2) is 16.8 Å². The number of halogens is 2. The SMILES string of the molecule is CCS(=O)(=O)n1ccc2cc(Oc3ccccc3F)c(Br)cc21. The topological polar surface area (TPSA) is 48.3 Å². The van der Waals surface area contributed by atoms with Crippen molar-refractivity contribution < 1.29 is 17.5 Å². The minimum absolute atomic E-state index is 0.00186. The van der Waals surface area contributed by atoms with Gasteiger partial charge < -0.3 is 4.74 Å². The van der Waals surface area contributed by atoms with Crippen molar-refractivity contribution in [3.05, 3.63) is 59.0 Å². The van der Waals surface area contributed by atoms with Gasteiger partial charge >= 0.3 is 0 Å². The van der Waals surface area contributed by atoms with Gasteiger partial charge in [-0.05, 0) is 53.2 Å². The summed E-state index contributed by atoms with van der Waals surface area (Å²) in [4.78, 5) is 0. The monoisotopic (exact) mass is 397 g/mol. The summed E-state index contributed by atoms with van der Waals surface area (Å²) in [6.07, 6.45) is 1.50. The van der Waals surface area contributed by atoms with Gasteiger partial charge in [-0.15, -0.1) is 0 Å². The van der Waals surface area contributed by atoms with Gasteiger partial charge in [0, 0.05) is 11.6 Å². The van der Waals surface area contributed by atoms with Crippen molar-refractivity contribution in [1.82, 2.24) is 3.97 Å². The Morgan fingerprint density at radius 3 is 2.61 bits per heavy atom. The Morgan fingerprint density at radius 2 is 1.91 bits per heavy atom. The molecular weight excluding hydrogens is 385 g/mol. The standard InChI is InChI=1S/C16H13BrFNO3S/c1-2-23(20,21)19-8-7-11-9-16(12(17)10-14(11)19)22-15-6-4-3-5-13(15)18/h3-10H,2H2,1H3. The van der Waals surface area contributed by atoms with Crippen LogP contribution >= 0.6 is 15.9 Å². The molecule has 0 saturated carbocycles. The van der Waals surface area contributed by atoms with Crippen LogP contribution in [-0.4, -0.2) is 18.1 Å². The Labute approximate surface area is 141 Å². The Balaban J connectivity index is 2.08. The second kappa shape index (κ2) is 5.98. The predicted molar refractivity (Wildman–Crippen MR) is 91.0 cm³/mol. The molecule has 0 N–H and O–H groups in total. The van der Waals surface area contributed by atoms with E-state index >= 15 is 0 Å². The number of ether oxygens (including phenoxy) is 1. The number of hydrogen-bond donors (Lipinski definition) is 0. The second-order valence-corrected chi connectivity index (χ2v) is 7.87. The highest BCUT2D eigenvalue weighted by molar-refractivity contribution is 9.10. The molecular formula is C16H13BrFNO3S. The molecule has 1 aromatic heterocycles. The van der Waals surface area contributed by atoms with Crippen molar-refractivity contribution in [1.29, 1.82) is 0 Å². The third kappa shape index (κ3) is 2.98. The number of nitrogens with zero attached hydrogens (tertiary/aromatic N) is 1.